The van der Waals surface area contributed by atoms with Gasteiger partial charge in [0.05, 0.1) is 41.3 Å². The van der Waals surface area contributed by atoms with E-state index in [4.69, 9.17) is 19.9 Å². The molecule has 0 aliphatic carbocycles. The van der Waals surface area contributed by atoms with Crippen LogP contribution in [0.3, 0.4) is 0 Å². The van der Waals surface area contributed by atoms with Gasteiger partial charge in [-0.3, -0.25) is 9.00 Å². The Bertz CT molecular complexity index is 2080. The Balaban J connectivity index is 1.39. The number of carbonyl (C=O) groups is 2. The maximum atomic E-state index is 13.5. The van der Waals surface area contributed by atoms with E-state index in [9.17, 15) is 13.8 Å². The Hall–Kier alpha value is -5.62. The summed E-state index contributed by atoms with van der Waals surface area (Å²) in [5.41, 5.74) is 8.09. The van der Waals surface area contributed by atoms with E-state index in [0.717, 1.165) is 29.2 Å². The van der Waals surface area contributed by atoms with Crippen molar-refractivity contribution in [2.75, 3.05) is 36.4 Å². The average Bonchev–Trinajstić information content (AvgIpc) is 3.08. The number of aromatic nitrogens is 1. The zero-order valence-corrected chi connectivity index (χ0v) is 29.7. The Morgan fingerprint density at radius 2 is 1.62 bits per heavy atom. The van der Waals surface area contributed by atoms with Crippen LogP contribution in [0.5, 0.6) is 23.0 Å². The highest BCUT2D eigenvalue weighted by Gasteiger charge is 2.25. The lowest BCUT2D eigenvalue weighted by Gasteiger charge is -2.27. The maximum Gasteiger partial charge on any atom is 0.323 e. The number of rotatable bonds is 13. The predicted molar refractivity (Wildman–Crippen MR) is 199 cm³/mol. The monoisotopic (exact) mass is 695 g/mol. The van der Waals surface area contributed by atoms with Gasteiger partial charge in [0.2, 0.25) is 5.91 Å². The highest BCUT2D eigenvalue weighted by atomic mass is 32.2. The van der Waals surface area contributed by atoms with E-state index in [2.05, 4.69) is 41.7 Å². The molecule has 5 rings (SSSR count). The van der Waals surface area contributed by atoms with Crippen LogP contribution in [0, 0.1) is 0 Å². The van der Waals surface area contributed by atoms with E-state index in [-0.39, 0.29) is 5.41 Å². The number of pyridine rings is 1. The minimum atomic E-state index is -1.35. The fraction of sp³-hybridized carbons (Fsp3) is 0.237. The van der Waals surface area contributed by atoms with E-state index in [1.54, 1.807) is 54.9 Å². The smallest absolute Gasteiger partial charge is 0.323 e. The summed E-state index contributed by atoms with van der Waals surface area (Å²) in [5, 5.41) is 10.6. The number of benzene rings is 4. The largest absolute Gasteiger partial charge is 0.497 e. The molecular formula is C38H41N5O6S. The molecule has 12 heteroatoms. The molecule has 11 nitrogen and oxygen atoms in total. The SMILES string of the molecule is CCCC(C)(C)c1cc(NC(=O)Nc2ccc(Oc3ccnc(Nc4cc(OC)cc(C(N)=O)c4)c3)c3ccccc23)c(OC)c(S(C)=O)c1. The van der Waals surface area contributed by atoms with Gasteiger partial charge in [-0.05, 0) is 59.9 Å². The molecule has 1 unspecified atom stereocenters. The number of nitrogens with two attached hydrogens (primary N) is 1. The molecule has 4 aromatic carbocycles. The summed E-state index contributed by atoms with van der Waals surface area (Å²) >= 11 is 0. The van der Waals surface area contributed by atoms with Crippen molar-refractivity contribution in [3.8, 4) is 23.0 Å². The number of nitrogens with one attached hydrogen (secondary N) is 3. The van der Waals surface area contributed by atoms with Gasteiger partial charge >= 0.3 is 6.03 Å². The zero-order chi connectivity index (χ0) is 36.0. The van der Waals surface area contributed by atoms with Crippen molar-refractivity contribution in [3.05, 3.63) is 96.2 Å². The van der Waals surface area contributed by atoms with Crippen LogP contribution in [0.4, 0.5) is 27.7 Å². The molecule has 0 aliphatic rings. The van der Waals surface area contributed by atoms with Crippen molar-refractivity contribution >= 4 is 56.4 Å². The molecule has 0 bridgehead atoms. The summed E-state index contributed by atoms with van der Waals surface area (Å²) in [6.45, 7) is 6.38. The van der Waals surface area contributed by atoms with Crippen molar-refractivity contribution in [3.63, 3.8) is 0 Å². The first-order valence-electron chi connectivity index (χ1n) is 16.0. The number of urea groups is 1. The number of hydrogen-bond acceptors (Lipinski definition) is 8. The maximum absolute atomic E-state index is 13.5. The van der Waals surface area contributed by atoms with Crippen molar-refractivity contribution < 1.29 is 28.0 Å². The minimum absolute atomic E-state index is 0.205. The zero-order valence-electron chi connectivity index (χ0n) is 28.9. The Labute approximate surface area is 294 Å². The topological polar surface area (TPSA) is 154 Å². The third kappa shape index (κ3) is 8.15. The first-order chi connectivity index (χ1) is 23.9. The molecule has 0 aliphatic heterocycles. The number of anilines is 4. The quantitative estimate of drug-likeness (QED) is 0.0959. The molecular weight excluding hydrogens is 655 g/mol. The Morgan fingerprint density at radius 3 is 2.30 bits per heavy atom. The standard InChI is InChI=1S/C38H41N5O6S/c1-7-15-38(2,3)24-19-31(35(48-5)33(20-24)50(6)46)43-37(45)42-30-12-13-32(29-11-9-8-10-28(29)30)49-26-14-16-40-34(22-26)41-25-17-23(36(39)44)18-27(21-25)47-4/h8-14,16-22H,7,15H2,1-6H3,(H2,39,44)(H,40,41)(H2,42,43,45). The molecule has 1 atom stereocenters. The summed E-state index contributed by atoms with van der Waals surface area (Å²) in [7, 11) is 1.66. The second-order valence-electron chi connectivity index (χ2n) is 12.3. The Kier molecular flexibility index (Phi) is 10.9. The fourth-order valence-electron chi connectivity index (χ4n) is 5.77. The Morgan fingerprint density at radius 1 is 0.880 bits per heavy atom. The molecule has 0 saturated heterocycles. The van der Waals surface area contributed by atoms with Crippen LogP contribution in [0.15, 0.2) is 90.0 Å². The molecule has 260 valence electrons. The van der Waals surface area contributed by atoms with Gasteiger partial charge in [0.25, 0.3) is 0 Å². The van der Waals surface area contributed by atoms with E-state index in [1.165, 1.54) is 14.2 Å². The van der Waals surface area contributed by atoms with Crippen LogP contribution in [-0.4, -0.2) is 41.6 Å². The van der Waals surface area contributed by atoms with Gasteiger partial charge in [0.15, 0.2) is 5.75 Å². The van der Waals surface area contributed by atoms with Gasteiger partial charge in [-0.15, -0.1) is 0 Å². The lowest BCUT2D eigenvalue weighted by Crippen LogP contribution is -2.22. The van der Waals surface area contributed by atoms with E-state index in [0.29, 0.717) is 56.3 Å². The fourth-order valence-corrected chi connectivity index (χ4v) is 6.52. The lowest BCUT2D eigenvalue weighted by atomic mass is 9.80. The molecule has 50 heavy (non-hydrogen) atoms. The summed E-state index contributed by atoms with van der Waals surface area (Å²) in [4.78, 5) is 30.2. The summed E-state index contributed by atoms with van der Waals surface area (Å²) in [6, 6.07) is 22.8. The van der Waals surface area contributed by atoms with Crippen molar-refractivity contribution in [1.82, 2.24) is 4.98 Å². The number of amides is 3. The number of ether oxygens (including phenoxy) is 3. The highest BCUT2D eigenvalue weighted by Crippen LogP contribution is 2.39. The number of nitrogens with zero attached hydrogens (tertiary/aromatic N) is 1. The van der Waals surface area contributed by atoms with Gasteiger partial charge in [0.1, 0.15) is 23.1 Å². The van der Waals surface area contributed by atoms with Crippen LogP contribution in [0.2, 0.25) is 0 Å². The van der Waals surface area contributed by atoms with Gasteiger partial charge in [-0.25, -0.2) is 9.78 Å². The molecule has 0 saturated carbocycles. The van der Waals surface area contributed by atoms with Crippen LogP contribution in [0.1, 0.15) is 49.5 Å². The first kappa shape index (κ1) is 35.7. The number of primary amides is 1. The molecule has 0 spiro atoms. The number of hydrogen-bond donors (Lipinski definition) is 4. The van der Waals surface area contributed by atoms with Gasteiger partial charge in [-0.1, -0.05) is 51.5 Å². The lowest BCUT2D eigenvalue weighted by molar-refractivity contribution is 0.1000. The second-order valence-corrected chi connectivity index (χ2v) is 13.6. The molecule has 5 N–H and O–H groups in total. The predicted octanol–water partition coefficient (Wildman–Crippen LogP) is 8.35. The molecule has 5 aromatic rings. The minimum Gasteiger partial charge on any atom is -0.497 e. The third-order valence-electron chi connectivity index (χ3n) is 8.26. The average molecular weight is 696 g/mol. The third-order valence-corrected chi connectivity index (χ3v) is 9.19. The molecule has 3 amide bonds. The number of methoxy groups -OCH3 is 2. The van der Waals surface area contributed by atoms with E-state index >= 15 is 0 Å². The number of carbonyl (C=O) groups excluding carboxylic acids is 2. The van der Waals surface area contributed by atoms with Gasteiger partial charge < -0.3 is 35.9 Å². The highest BCUT2D eigenvalue weighted by molar-refractivity contribution is 7.84. The summed E-state index contributed by atoms with van der Waals surface area (Å²) in [6.07, 6.45) is 5.08. The molecule has 0 radical (unpaired) electrons. The van der Waals surface area contributed by atoms with Gasteiger partial charge in [-0.2, -0.15) is 0 Å². The summed E-state index contributed by atoms with van der Waals surface area (Å²) < 4.78 is 30.0. The molecule has 1 aromatic heterocycles. The van der Waals surface area contributed by atoms with E-state index in [1.807, 2.05) is 36.4 Å². The van der Waals surface area contributed by atoms with Gasteiger partial charge in [0, 0.05) is 46.6 Å². The van der Waals surface area contributed by atoms with Crippen LogP contribution >= 0.6 is 0 Å². The first-order valence-corrected chi connectivity index (χ1v) is 17.5. The van der Waals surface area contributed by atoms with Crippen molar-refractivity contribution in [2.24, 2.45) is 5.73 Å². The summed E-state index contributed by atoms with van der Waals surface area (Å²) in [5.74, 6) is 1.78. The normalized spacial score (nSPS) is 11.8. The molecule has 1 heterocycles. The van der Waals surface area contributed by atoms with E-state index < -0.39 is 22.7 Å². The molecule has 0 fully saturated rings. The second kappa shape index (κ2) is 15.3. The van der Waals surface area contributed by atoms with Crippen LogP contribution in [-0.2, 0) is 16.2 Å². The van der Waals surface area contributed by atoms with Crippen LogP contribution < -0.4 is 35.9 Å². The van der Waals surface area contributed by atoms with Crippen molar-refractivity contribution in [2.45, 2.75) is 43.9 Å². The van der Waals surface area contributed by atoms with Crippen LogP contribution in [0.25, 0.3) is 10.8 Å². The number of fused-ring (bicyclic) bond motifs is 1. The van der Waals surface area contributed by atoms with Crippen molar-refractivity contribution in [1.29, 1.82) is 0 Å².